The number of hydrogen-bond donors (Lipinski definition) is 0. The number of rotatable bonds is 4. The lowest BCUT2D eigenvalue weighted by atomic mass is 9.81. The molecular formula is C16H20BrF3O. The molecule has 5 heteroatoms. The van der Waals surface area contributed by atoms with E-state index in [1.54, 1.807) is 13.2 Å². The Morgan fingerprint density at radius 3 is 2.43 bits per heavy atom. The summed E-state index contributed by atoms with van der Waals surface area (Å²) in [7, 11) is 1.65. The normalized spacial score (nSPS) is 18.7. The van der Waals surface area contributed by atoms with Gasteiger partial charge >= 0.3 is 6.18 Å². The molecule has 1 aromatic carbocycles. The molecule has 0 aliphatic heterocycles. The molecule has 0 radical (unpaired) electrons. The number of alkyl halides is 4. The van der Waals surface area contributed by atoms with E-state index in [2.05, 4.69) is 15.9 Å². The maximum Gasteiger partial charge on any atom is 0.416 e. The molecule has 1 fully saturated rings. The van der Waals surface area contributed by atoms with Gasteiger partial charge in [0.25, 0.3) is 0 Å². The van der Waals surface area contributed by atoms with Crippen molar-refractivity contribution in [3.8, 4) is 0 Å². The molecule has 0 aromatic heterocycles. The molecule has 0 saturated heterocycles. The highest BCUT2D eigenvalue weighted by atomic mass is 79.9. The first-order valence-electron chi connectivity index (χ1n) is 7.26. The third-order valence-corrected chi connectivity index (χ3v) is 4.86. The Bertz CT molecular complexity index is 467. The summed E-state index contributed by atoms with van der Waals surface area (Å²) >= 11 is 3.31. The summed E-state index contributed by atoms with van der Waals surface area (Å²) in [5.74, 6) is 0.401. The number of hydrogen-bond acceptors (Lipinski definition) is 1. The minimum absolute atomic E-state index is 0.111. The van der Waals surface area contributed by atoms with Crippen LogP contribution in [-0.2, 0) is 16.2 Å². The average molecular weight is 365 g/mol. The van der Waals surface area contributed by atoms with Crippen LogP contribution >= 0.6 is 15.9 Å². The minimum Gasteiger partial charge on any atom is -0.376 e. The van der Waals surface area contributed by atoms with Crippen molar-refractivity contribution in [1.82, 2.24) is 0 Å². The fraction of sp³-hybridized carbons (Fsp3) is 0.625. The highest BCUT2D eigenvalue weighted by Gasteiger charge is 2.32. The van der Waals surface area contributed by atoms with Crippen LogP contribution in [0.15, 0.2) is 18.2 Å². The van der Waals surface area contributed by atoms with Crippen molar-refractivity contribution in [2.24, 2.45) is 5.92 Å². The highest BCUT2D eigenvalue weighted by molar-refractivity contribution is 9.08. The van der Waals surface area contributed by atoms with Crippen LogP contribution < -0.4 is 0 Å². The van der Waals surface area contributed by atoms with Gasteiger partial charge in [-0.15, -0.1) is 0 Å². The van der Waals surface area contributed by atoms with Gasteiger partial charge < -0.3 is 4.74 Å². The second kappa shape index (κ2) is 7.14. The summed E-state index contributed by atoms with van der Waals surface area (Å²) in [6, 6.07) is 3.98. The minimum atomic E-state index is -4.30. The Morgan fingerprint density at radius 1 is 1.24 bits per heavy atom. The zero-order valence-electron chi connectivity index (χ0n) is 12.0. The van der Waals surface area contributed by atoms with Gasteiger partial charge in [-0.1, -0.05) is 41.3 Å². The van der Waals surface area contributed by atoms with E-state index in [0.29, 0.717) is 16.8 Å². The highest BCUT2D eigenvalue weighted by Crippen LogP contribution is 2.40. The molecule has 1 atom stereocenters. The smallest absolute Gasteiger partial charge is 0.376 e. The van der Waals surface area contributed by atoms with Crippen molar-refractivity contribution in [2.45, 2.75) is 49.7 Å². The van der Waals surface area contributed by atoms with E-state index < -0.39 is 11.7 Å². The van der Waals surface area contributed by atoms with Crippen molar-refractivity contribution in [2.75, 3.05) is 7.11 Å². The summed E-state index contributed by atoms with van der Waals surface area (Å²) in [5.41, 5.74) is 0.954. The van der Waals surface area contributed by atoms with Gasteiger partial charge in [-0.25, -0.2) is 0 Å². The zero-order valence-corrected chi connectivity index (χ0v) is 13.6. The number of ether oxygens (including phenoxy) is 1. The third kappa shape index (κ3) is 4.01. The van der Waals surface area contributed by atoms with Gasteiger partial charge in [-0.05, 0) is 42.0 Å². The van der Waals surface area contributed by atoms with E-state index in [-0.39, 0.29) is 6.10 Å². The van der Waals surface area contributed by atoms with Gasteiger partial charge in [0.05, 0.1) is 11.7 Å². The van der Waals surface area contributed by atoms with Gasteiger partial charge in [-0.3, -0.25) is 0 Å². The predicted molar refractivity (Wildman–Crippen MR) is 80.4 cm³/mol. The molecule has 1 aliphatic rings. The molecule has 1 aromatic rings. The zero-order chi connectivity index (χ0) is 15.5. The molecule has 118 valence electrons. The molecule has 1 nitrogen and oxygen atoms in total. The number of halogens is 4. The maximum atomic E-state index is 12.8. The van der Waals surface area contributed by atoms with E-state index in [4.69, 9.17) is 4.74 Å². The summed E-state index contributed by atoms with van der Waals surface area (Å²) in [6.45, 7) is 0. The molecule has 21 heavy (non-hydrogen) atoms. The van der Waals surface area contributed by atoms with Gasteiger partial charge in [0.2, 0.25) is 0 Å². The lowest BCUT2D eigenvalue weighted by Crippen LogP contribution is -2.19. The Hall–Kier alpha value is -0.550. The average Bonchev–Trinajstić information content (AvgIpc) is 2.48. The Morgan fingerprint density at radius 2 is 1.90 bits per heavy atom. The number of benzene rings is 1. The van der Waals surface area contributed by atoms with Crippen molar-refractivity contribution in [1.29, 1.82) is 0 Å². The molecule has 0 bridgehead atoms. The van der Waals surface area contributed by atoms with Crippen molar-refractivity contribution in [3.63, 3.8) is 0 Å². The Kier molecular flexibility index (Phi) is 5.72. The number of methoxy groups -OCH3 is 1. The summed E-state index contributed by atoms with van der Waals surface area (Å²) in [5, 5.41) is 0.402. The molecule has 0 N–H and O–H groups in total. The molecule has 2 rings (SSSR count). The molecule has 1 saturated carbocycles. The molecule has 0 amide bonds. The first-order valence-corrected chi connectivity index (χ1v) is 8.38. The Labute approximate surface area is 132 Å². The van der Waals surface area contributed by atoms with Crippen LogP contribution in [-0.4, -0.2) is 7.11 Å². The monoisotopic (exact) mass is 364 g/mol. The van der Waals surface area contributed by atoms with Gasteiger partial charge in [-0.2, -0.15) is 13.2 Å². The van der Waals surface area contributed by atoms with Crippen LogP contribution in [0, 0.1) is 5.92 Å². The lowest BCUT2D eigenvalue weighted by Gasteiger charge is -2.31. The Balaban J connectivity index is 2.32. The van der Waals surface area contributed by atoms with Crippen LogP contribution in [0.25, 0.3) is 0 Å². The third-order valence-electron chi connectivity index (χ3n) is 4.25. The van der Waals surface area contributed by atoms with Gasteiger partial charge in [0.15, 0.2) is 0 Å². The van der Waals surface area contributed by atoms with E-state index in [1.807, 2.05) is 0 Å². The second-order valence-corrected chi connectivity index (χ2v) is 6.16. The van der Waals surface area contributed by atoms with Crippen LogP contribution in [0.1, 0.15) is 54.9 Å². The van der Waals surface area contributed by atoms with Crippen LogP contribution in [0.2, 0.25) is 0 Å². The molecule has 0 heterocycles. The predicted octanol–water partition coefficient (Wildman–Crippen LogP) is 5.87. The van der Waals surface area contributed by atoms with Gasteiger partial charge in [0.1, 0.15) is 0 Å². The van der Waals surface area contributed by atoms with Crippen LogP contribution in [0.4, 0.5) is 13.2 Å². The van der Waals surface area contributed by atoms with E-state index in [0.717, 1.165) is 24.5 Å². The van der Waals surface area contributed by atoms with Crippen molar-refractivity contribution < 1.29 is 17.9 Å². The summed E-state index contributed by atoms with van der Waals surface area (Å²) < 4.78 is 44.1. The summed E-state index contributed by atoms with van der Waals surface area (Å²) in [6.07, 6.45) is 1.35. The van der Waals surface area contributed by atoms with E-state index in [1.165, 1.54) is 25.3 Å². The standard InChI is InChI=1S/C16H20BrF3O/c1-21-15(11-5-3-2-4-6-11)14-8-7-13(16(18,19)20)9-12(14)10-17/h7-9,11,15H,2-6,10H2,1H3. The van der Waals surface area contributed by atoms with E-state index >= 15 is 0 Å². The quantitative estimate of drug-likeness (QED) is 0.607. The summed E-state index contributed by atoms with van der Waals surface area (Å²) in [4.78, 5) is 0. The fourth-order valence-electron chi connectivity index (χ4n) is 3.19. The SMILES string of the molecule is COC(c1ccc(C(F)(F)F)cc1CBr)C1CCCCC1. The second-order valence-electron chi connectivity index (χ2n) is 5.60. The fourth-order valence-corrected chi connectivity index (χ4v) is 3.67. The van der Waals surface area contributed by atoms with Gasteiger partial charge in [0, 0.05) is 12.4 Å². The molecule has 1 aliphatic carbocycles. The maximum absolute atomic E-state index is 12.8. The first-order chi connectivity index (χ1) is 9.97. The van der Waals surface area contributed by atoms with Crippen molar-refractivity contribution >= 4 is 15.9 Å². The lowest BCUT2D eigenvalue weighted by molar-refractivity contribution is -0.137. The topological polar surface area (TPSA) is 9.23 Å². The molecule has 1 unspecified atom stereocenters. The van der Waals surface area contributed by atoms with Crippen LogP contribution in [0.5, 0.6) is 0 Å². The largest absolute Gasteiger partial charge is 0.416 e. The molecule has 0 spiro atoms. The molecular weight excluding hydrogens is 345 g/mol. The van der Waals surface area contributed by atoms with Crippen molar-refractivity contribution in [3.05, 3.63) is 34.9 Å². The van der Waals surface area contributed by atoms with Crippen LogP contribution in [0.3, 0.4) is 0 Å². The first kappa shape index (κ1) is 16.8. The van der Waals surface area contributed by atoms with E-state index in [9.17, 15) is 13.2 Å².